The van der Waals surface area contributed by atoms with E-state index in [0.29, 0.717) is 30.8 Å². The summed E-state index contributed by atoms with van der Waals surface area (Å²) in [7, 11) is 0. The number of amides is 3. The van der Waals surface area contributed by atoms with Crippen molar-refractivity contribution in [2.24, 2.45) is 17.0 Å². The molecule has 0 radical (unpaired) electrons. The van der Waals surface area contributed by atoms with Gasteiger partial charge in [0.25, 0.3) is 0 Å². The van der Waals surface area contributed by atoms with Gasteiger partial charge in [-0.1, -0.05) is 35.5 Å². The molecule has 43 heavy (non-hydrogen) atoms. The van der Waals surface area contributed by atoms with Crippen LogP contribution >= 0.6 is 0 Å². The fourth-order valence-electron chi connectivity index (χ4n) is 9.13. The second-order valence-electron chi connectivity index (χ2n) is 14.3. The predicted octanol–water partition coefficient (Wildman–Crippen LogP) is 5.50. The van der Waals surface area contributed by atoms with Gasteiger partial charge in [0, 0.05) is 56.9 Å². The lowest BCUT2D eigenvalue weighted by atomic mass is 9.81. The van der Waals surface area contributed by atoms with Crippen molar-refractivity contribution in [3.63, 3.8) is 0 Å². The third-order valence-electron chi connectivity index (χ3n) is 11.2. The van der Waals surface area contributed by atoms with Gasteiger partial charge in [-0.3, -0.25) is 9.69 Å². The van der Waals surface area contributed by atoms with Gasteiger partial charge >= 0.3 is 6.03 Å². The Balaban J connectivity index is 1.11. The summed E-state index contributed by atoms with van der Waals surface area (Å²) in [5.74, 6) is 0.613. The number of nitrogens with one attached hydrogen (secondary N) is 1. The number of piperidine rings is 1. The van der Waals surface area contributed by atoms with E-state index in [9.17, 15) is 14.5 Å². The number of urea groups is 1. The Morgan fingerprint density at radius 2 is 1.67 bits per heavy atom. The number of carbonyl (C=O) groups is 2. The quantitative estimate of drug-likeness (QED) is 0.362. The average molecular weight is 594 g/mol. The molecule has 4 saturated heterocycles. The van der Waals surface area contributed by atoms with Gasteiger partial charge in [0.2, 0.25) is 5.91 Å². The minimum atomic E-state index is -0.137. The SMILES string of the molecule is CC(C)N1C(=O)N(CC2CCOCC2)CC12CC1CCC(C2)N1CC[C@H](NC(=O)C1CCC(N=O)CC1)c1ccccc1. The Labute approximate surface area is 257 Å². The number of nitroso groups, excluding NO2 is 1. The Kier molecular flexibility index (Phi) is 9.38. The van der Waals surface area contributed by atoms with Crippen LogP contribution in [0.15, 0.2) is 35.5 Å². The smallest absolute Gasteiger partial charge is 0.320 e. The topological polar surface area (TPSA) is 94.6 Å². The first-order valence-electron chi connectivity index (χ1n) is 17.0. The van der Waals surface area contributed by atoms with Crippen molar-refractivity contribution in [3.8, 4) is 0 Å². The van der Waals surface area contributed by atoms with E-state index in [1.54, 1.807) is 0 Å². The Morgan fingerprint density at radius 1 is 1.00 bits per heavy atom. The number of rotatable bonds is 10. The van der Waals surface area contributed by atoms with Crippen LogP contribution in [0.3, 0.4) is 0 Å². The van der Waals surface area contributed by atoms with E-state index in [-0.39, 0.29) is 41.5 Å². The maximum Gasteiger partial charge on any atom is 0.320 e. The molecule has 6 rings (SSSR count). The number of hydrogen-bond acceptors (Lipinski definition) is 6. The number of hydrogen-bond donors (Lipinski definition) is 1. The van der Waals surface area contributed by atoms with E-state index >= 15 is 0 Å². The molecule has 9 heteroatoms. The maximum absolute atomic E-state index is 13.8. The van der Waals surface area contributed by atoms with Gasteiger partial charge in [0.15, 0.2) is 0 Å². The summed E-state index contributed by atoms with van der Waals surface area (Å²) in [6.45, 7) is 8.64. The summed E-state index contributed by atoms with van der Waals surface area (Å²) in [4.78, 5) is 45.2. The second-order valence-corrected chi connectivity index (χ2v) is 14.3. The van der Waals surface area contributed by atoms with Crippen molar-refractivity contribution < 1.29 is 14.3 Å². The molecule has 1 N–H and O–H groups in total. The Morgan fingerprint density at radius 3 is 2.30 bits per heavy atom. The summed E-state index contributed by atoms with van der Waals surface area (Å²) in [5.41, 5.74) is 1.07. The molecule has 9 nitrogen and oxygen atoms in total. The largest absolute Gasteiger partial charge is 0.381 e. The Hall–Kier alpha value is -2.52. The van der Waals surface area contributed by atoms with Gasteiger partial charge in [0.05, 0.1) is 17.6 Å². The summed E-state index contributed by atoms with van der Waals surface area (Å²) in [5, 5.41) is 6.61. The minimum absolute atomic E-state index is 0.0405. The molecular formula is C34H51N5O4. The zero-order valence-corrected chi connectivity index (χ0v) is 26.2. The molecule has 1 aromatic carbocycles. The number of fused-ring (bicyclic) bond motifs is 2. The van der Waals surface area contributed by atoms with Crippen LogP contribution in [0.25, 0.3) is 0 Å². The highest BCUT2D eigenvalue weighted by atomic mass is 16.5. The van der Waals surface area contributed by atoms with Crippen molar-refractivity contribution >= 4 is 11.9 Å². The van der Waals surface area contributed by atoms with Crippen molar-refractivity contribution in [3.05, 3.63) is 40.8 Å². The molecular weight excluding hydrogens is 542 g/mol. The zero-order valence-electron chi connectivity index (χ0n) is 26.2. The van der Waals surface area contributed by atoms with Gasteiger partial charge in [-0.15, -0.1) is 0 Å². The number of benzene rings is 1. The highest BCUT2D eigenvalue weighted by Gasteiger charge is 2.57. The highest BCUT2D eigenvalue weighted by Crippen LogP contribution is 2.48. The van der Waals surface area contributed by atoms with E-state index in [0.717, 1.165) is 83.4 Å². The molecule has 1 aromatic rings. The van der Waals surface area contributed by atoms with Gasteiger partial charge in [-0.25, -0.2) is 4.79 Å². The third-order valence-corrected chi connectivity index (χ3v) is 11.2. The van der Waals surface area contributed by atoms with Crippen molar-refractivity contribution in [1.29, 1.82) is 0 Å². The van der Waals surface area contributed by atoms with Crippen LogP contribution in [-0.4, -0.2) is 89.2 Å². The lowest BCUT2D eigenvalue weighted by Crippen LogP contribution is -2.60. The predicted molar refractivity (Wildman–Crippen MR) is 166 cm³/mol. The van der Waals surface area contributed by atoms with Crippen molar-refractivity contribution in [2.75, 3.05) is 32.8 Å². The minimum Gasteiger partial charge on any atom is -0.381 e. The monoisotopic (exact) mass is 593 g/mol. The standard InChI is InChI=1S/C34H51N5O4/c1-24(2)39-33(41)37(22-25-15-18-43-19-16-25)23-34(39)20-29-12-13-30(21-34)38(29)17-14-31(26-6-4-3-5-7-26)35-32(40)27-8-10-28(36-42)11-9-27/h3-7,24-25,27-31H,8-23H2,1-2H3,(H,35,40)/t27?,28?,29?,30?,31-,34?/m0/s1. The second kappa shape index (κ2) is 13.2. The molecule has 1 saturated carbocycles. The van der Waals surface area contributed by atoms with E-state index in [1.807, 2.05) is 18.2 Å². The molecule has 3 atom stereocenters. The van der Waals surface area contributed by atoms with Gasteiger partial charge in [-0.2, -0.15) is 4.91 Å². The normalized spacial score (nSPS) is 32.5. The molecule has 236 valence electrons. The molecule has 1 aliphatic carbocycles. The van der Waals surface area contributed by atoms with Gasteiger partial charge in [-0.05, 0) is 96.0 Å². The van der Waals surface area contributed by atoms with Crippen LogP contribution in [0, 0.1) is 16.7 Å². The molecule has 4 aliphatic heterocycles. The maximum atomic E-state index is 13.8. The first-order valence-corrected chi connectivity index (χ1v) is 17.0. The fraction of sp³-hybridized carbons (Fsp3) is 0.765. The molecule has 4 heterocycles. The van der Waals surface area contributed by atoms with Crippen molar-refractivity contribution in [2.45, 2.75) is 120 Å². The first-order chi connectivity index (χ1) is 20.9. The first kappa shape index (κ1) is 30.5. The molecule has 3 amide bonds. The third kappa shape index (κ3) is 6.48. The molecule has 5 fully saturated rings. The van der Waals surface area contributed by atoms with E-state index in [1.165, 1.54) is 12.8 Å². The molecule has 5 aliphatic rings. The summed E-state index contributed by atoms with van der Waals surface area (Å²) >= 11 is 0. The Bertz CT molecular complexity index is 1100. The number of ether oxygens (including phenoxy) is 1. The van der Waals surface area contributed by atoms with Crippen LogP contribution in [0.1, 0.15) is 96.1 Å². The van der Waals surface area contributed by atoms with Crippen LogP contribution in [0.4, 0.5) is 4.79 Å². The van der Waals surface area contributed by atoms with Crippen LogP contribution in [0.2, 0.25) is 0 Å². The van der Waals surface area contributed by atoms with Crippen molar-refractivity contribution in [1.82, 2.24) is 20.0 Å². The number of carbonyl (C=O) groups excluding carboxylic acids is 2. The van der Waals surface area contributed by atoms with Gasteiger partial charge < -0.3 is 19.9 Å². The molecule has 0 aromatic heterocycles. The van der Waals surface area contributed by atoms with E-state index < -0.39 is 0 Å². The highest BCUT2D eigenvalue weighted by molar-refractivity contribution is 5.79. The summed E-state index contributed by atoms with van der Waals surface area (Å²) < 4.78 is 5.58. The van der Waals surface area contributed by atoms with Crippen LogP contribution in [0.5, 0.6) is 0 Å². The van der Waals surface area contributed by atoms with Gasteiger partial charge in [0.1, 0.15) is 0 Å². The van der Waals surface area contributed by atoms with E-state index in [2.05, 4.69) is 51.2 Å². The molecule has 2 unspecified atom stereocenters. The van der Waals surface area contributed by atoms with Crippen LogP contribution < -0.4 is 5.32 Å². The molecule has 1 spiro atoms. The average Bonchev–Trinajstić information content (AvgIpc) is 3.43. The summed E-state index contributed by atoms with van der Waals surface area (Å²) in [6, 6.07) is 11.5. The van der Waals surface area contributed by atoms with Crippen LogP contribution in [-0.2, 0) is 9.53 Å². The summed E-state index contributed by atoms with van der Waals surface area (Å²) in [6.07, 6.45) is 10.3. The number of nitrogens with zero attached hydrogens (tertiary/aromatic N) is 4. The fourth-order valence-corrected chi connectivity index (χ4v) is 9.13. The lowest BCUT2D eigenvalue weighted by molar-refractivity contribution is -0.126. The zero-order chi connectivity index (χ0) is 30.0. The molecule has 2 bridgehead atoms. The van der Waals surface area contributed by atoms with E-state index in [4.69, 9.17) is 4.74 Å². The lowest BCUT2D eigenvalue weighted by Gasteiger charge is -2.49.